The molecule has 0 bridgehead atoms. The third-order valence-electron chi connectivity index (χ3n) is 5.18. The van der Waals surface area contributed by atoms with E-state index in [2.05, 4.69) is 10.00 Å². The summed E-state index contributed by atoms with van der Waals surface area (Å²) in [4.78, 5) is 16.7. The molecule has 1 aliphatic heterocycles. The number of nitrogens with one attached hydrogen (secondary N) is 1. The predicted molar refractivity (Wildman–Crippen MR) is 106 cm³/mol. The minimum absolute atomic E-state index is 0.134. The minimum atomic E-state index is -4.59. The summed E-state index contributed by atoms with van der Waals surface area (Å²) < 4.78 is 38.6. The van der Waals surface area contributed by atoms with Crippen LogP contribution >= 0.6 is 23.2 Å². The molecule has 5 nitrogen and oxygen atoms in total. The van der Waals surface area contributed by atoms with Gasteiger partial charge in [0.15, 0.2) is 5.69 Å². The fraction of sp³-hybridized carbons (Fsp3) is 0.579. The summed E-state index contributed by atoms with van der Waals surface area (Å²) in [5.41, 5.74) is -0.688. The summed E-state index contributed by atoms with van der Waals surface area (Å²) in [6, 6.07) is 0.741. The molecule has 1 aromatic rings. The van der Waals surface area contributed by atoms with Crippen LogP contribution in [0.5, 0.6) is 0 Å². The molecule has 160 valence electrons. The number of hydrogen-bond donors (Lipinski definition) is 1. The number of aromatic amines is 1. The van der Waals surface area contributed by atoms with Crippen molar-refractivity contribution in [1.82, 2.24) is 20.0 Å². The molecular weight excluding hydrogens is 428 g/mol. The van der Waals surface area contributed by atoms with Crippen LogP contribution in [0, 0.1) is 0 Å². The Morgan fingerprint density at radius 1 is 1.24 bits per heavy atom. The lowest BCUT2D eigenvalue weighted by molar-refractivity contribution is -0.141. The molecule has 0 radical (unpaired) electrons. The quantitative estimate of drug-likeness (QED) is 0.679. The molecule has 3 rings (SSSR count). The van der Waals surface area contributed by atoms with Crippen LogP contribution in [0.2, 0.25) is 0 Å². The Morgan fingerprint density at radius 3 is 2.59 bits per heavy atom. The van der Waals surface area contributed by atoms with Crippen molar-refractivity contribution in [1.29, 1.82) is 0 Å². The number of rotatable bonds is 6. The monoisotopic (exact) mass is 450 g/mol. The SMILES string of the molecule is O=C(c1cc(C(F)(F)F)[nH]n1)N(CCN1CCCCC1)CC1=C(Cl)CCC=C1Cl. The van der Waals surface area contributed by atoms with Crippen LogP contribution in [0.25, 0.3) is 0 Å². The highest BCUT2D eigenvalue weighted by atomic mass is 35.5. The molecule has 2 aliphatic rings. The minimum Gasteiger partial charge on any atom is -0.332 e. The van der Waals surface area contributed by atoms with Gasteiger partial charge in [0.25, 0.3) is 5.91 Å². The van der Waals surface area contributed by atoms with Crippen molar-refractivity contribution < 1.29 is 18.0 Å². The van der Waals surface area contributed by atoms with Crippen LogP contribution in [-0.2, 0) is 6.18 Å². The zero-order valence-corrected chi connectivity index (χ0v) is 17.4. The highest BCUT2D eigenvalue weighted by molar-refractivity contribution is 6.36. The number of carbonyl (C=O) groups is 1. The number of H-pyrrole nitrogens is 1. The first-order chi connectivity index (χ1) is 13.8. The Labute approximate surface area is 177 Å². The molecule has 1 fully saturated rings. The number of nitrogens with zero attached hydrogens (tertiary/aromatic N) is 3. The van der Waals surface area contributed by atoms with E-state index in [1.54, 1.807) is 0 Å². The average Bonchev–Trinajstić information content (AvgIpc) is 3.18. The van der Waals surface area contributed by atoms with Crippen LogP contribution in [-0.4, -0.2) is 58.6 Å². The van der Waals surface area contributed by atoms with E-state index >= 15 is 0 Å². The standard InChI is InChI=1S/C19H23Cl2F3N4O/c20-14-5-4-6-15(21)13(14)12-28(10-9-27-7-2-1-3-8-27)18(29)16-11-17(26-25-16)19(22,23)24/h5,11H,1-4,6-10,12H2,(H,25,26). The van der Waals surface area contributed by atoms with E-state index in [0.29, 0.717) is 35.1 Å². The number of hydrogen-bond acceptors (Lipinski definition) is 3. The van der Waals surface area contributed by atoms with E-state index in [1.807, 2.05) is 11.2 Å². The summed E-state index contributed by atoms with van der Waals surface area (Å²) in [6.45, 7) is 3.02. The molecule has 1 N–H and O–H groups in total. The normalized spacial score (nSPS) is 18.7. The van der Waals surface area contributed by atoms with E-state index in [-0.39, 0.29) is 12.2 Å². The summed E-state index contributed by atoms with van der Waals surface area (Å²) in [6.07, 6.45) is 1.99. The second-order valence-electron chi connectivity index (χ2n) is 7.27. The predicted octanol–water partition coefficient (Wildman–Crippen LogP) is 4.77. The fourth-order valence-corrected chi connectivity index (χ4v) is 4.12. The van der Waals surface area contributed by atoms with E-state index < -0.39 is 17.8 Å². The van der Waals surface area contributed by atoms with Gasteiger partial charge in [-0.25, -0.2) is 0 Å². The molecule has 29 heavy (non-hydrogen) atoms. The van der Waals surface area contributed by atoms with Gasteiger partial charge in [0.05, 0.1) is 0 Å². The Morgan fingerprint density at radius 2 is 1.97 bits per heavy atom. The maximum atomic E-state index is 13.0. The van der Waals surface area contributed by atoms with Crippen molar-refractivity contribution in [2.75, 3.05) is 32.7 Å². The fourth-order valence-electron chi connectivity index (χ4n) is 3.52. The Hall–Kier alpha value is -1.51. The maximum absolute atomic E-state index is 13.0. The molecule has 0 aromatic carbocycles. The molecule has 1 aromatic heterocycles. The number of aromatic nitrogens is 2. The van der Waals surface area contributed by atoms with Crippen molar-refractivity contribution in [2.45, 2.75) is 38.3 Å². The lowest BCUT2D eigenvalue weighted by atomic mass is 10.1. The third-order valence-corrected chi connectivity index (χ3v) is 5.98. The van der Waals surface area contributed by atoms with Gasteiger partial charge in [-0.1, -0.05) is 35.7 Å². The second-order valence-corrected chi connectivity index (χ2v) is 8.13. The molecule has 10 heteroatoms. The van der Waals surface area contributed by atoms with Crippen molar-refractivity contribution in [3.05, 3.63) is 39.2 Å². The number of allylic oxidation sites excluding steroid dienone is 2. The molecule has 2 heterocycles. The molecule has 1 amide bonds. The molecule has 1 saturated heterocycles. The van der Waals surface area contributed by atoms with Crippen molar-refractivity contribution in [3.63, 3.8) is 0 Å². The first-order valence-corrected chi connectivity index (χ1v) is 10.4. The van der Waals surface area contributed by atoms with Gasteiger partial charge in [-0.05, 0) is 38.8 Å². The second kappa shape index (κ2) is 9.53. The summed E-state index contributed by atoms with van der Waals surface area (Å²) in [7, 11) is 0. The molecular formula is C19H23Cl2F3N4O. The van der Waals surface area contributed by atoms with Crippen molar-refractivity contribution >= 4 is 29.1 Å². The van der Waals surface area contributed by atoms with Crippen LogP contribution < -0.4 is 0 Å². The lowest BCUT2D eigenvalue weighted by Gasteiger charge is -2.31. The largest absolute Gasteiger partial charge is 0.432 e. The van der Waals surface area contributed by atoms with Crippen LogP contribution in [0.4, 0.5) is 13.2 Å². The zero-order chi connectivity index (χ0) is 21.0. The molecule has 0 unspecified atom stereocenters. The third kappa shape index (κ3) is 5.77. The smallest absolute Gasteiger partial charge is 0.332 e. The lowest BCUT2D eigenvalue weighted by Crippen LogP contribution is -2.41. The van der Waals surface area contributed by atoms with Gasteiger partial charge >= 0.3 is 6.18 Å². The number of alkyl halides is 3. The first kappa shape index (κ1) is 22.2. The van der Waals surface area contributed by atoms with Gasteiger partial charge in [0, 0.05) is 41.3 Å². The van der Waals surface area contributed by atoms with Crippen molar-refractivity contribution in [2.24, 2.45) is 0 Å². The van der Waals surface area contributed by atoms with Gasteiger partial charge in [0.1, 0.15) is 5.69 Å². The molecule has 0 saturated carbocycles. The number of amides is 1. The van der Waals surface area contributed by atoms with Crippen LogP contribution in [0.3, 0.4) is 0 Å². The van der Waals surface area contributed by atoms with Crippen LogP contribution in [0.1, 0.15) is 48.3 Å². The zero-order valence-electron chi connectivity index (χ0n) is 15.9. The van der Waals surface area contributed by atoms with Gasteiger partial charge in [-0.3, -0.25) is 9.89 Å². The van der Waals surface area contributed by atoms with Crippen LogP contribution in [0.15, 0.2) is 27.8 Å². The van der Waals surface area contributed by atoms with E-state index in [4.69, 9.17) is 23.2 Å². The highest BCUT2D eigenvalue weighted by Gasteiger charge is 2.34. The first-order valence-electron chi connectivity index (χ1n) is 9.63. The highest BCUT2D eigenvalue weighted by Crippen LogP contribution is 2.32. The van der Waals surface area contributed by atoms with E-state index in [0.717, 1.165) is 38.4 Å². The average molecular weight is 451 g/mol. The topological polar surface area (TPSA) is 52.2 Å². The van der Waals surface area contributed by atoms with Gasteiger partial charge in [-0.15, -0.1) is 0 Å². The summed E-state index contributed by atoms with van der Waals surface area (Å²) in [5.74, 6) is -0.583. The Balaban J connectivity index is 1.78. The molecule has 0 atom stereocenters. The number of likely N-dealkylation sites (tertiary alicyclic amines) is 1. The Bertz CT molecular complexity index is 798. The molecule has 0 spiro atoms. The Kier molecular flexibility index (Phi) is 7.29. The van der Waals surface area contributed by atoms with Gasteiger partial charge in [0.2, 0.25) is 0 Å². The van der Waals surface area contributed by atoms with E-state index in [1.165, 1.54) is 11.3 Å². The van der Waals surface area contributed by atoms with Gasteiger partial charge < -0.3 is 9.80 Å². The van der Waals surface area contributed by atoms with E-state index in [9.17, 15) is 18.0 Å². The van der Waals surface area contributed by atoms with Gasteiger partial charge in [-0.2, -0.15) is 18.3 Å². The summed E-state index contributed by atoms with van der Waals surface area (Å²) >= 11 is 12.6. The number of carbonyl (C=O) groups excluding carboxylic acids is 1. The summed E-state index contributed by atoms with van der Waals surface area (Å²) in [5, 5.41) is 6.54. The molecule has 1 aliphatic carbocycles. The number of halogens is 5. The van der Waals surface area contributed by atoms with Crippen molar-refractivity contribution in [3.8, 4) is 0 Å². The number of piperidine rings is 1. The maximum Gasteiger partial charge on any atom is 0.432 e.